The summed E-state index contributed by atoms with van der Waals surface area (Å²) in [5, 5.41) is 0.239. The summed E-state index contributed by atoms with van der Waals surface area (Å²) in [5.74, 6) is -1.43. The maximum Gasteiger partial charge on any atom is 0.419 e. The number of pyridine rings is 1. The summed E-state index contributed by atoms with van der Waals surface area (Å²) in [4.78, 5) is 39.9. The Morgan fingerprint density at radius 1 is 1.16 bits per heavy atom. The zero-order valence-electron chi connectivity index (χ0n) is 27.9. The van der Waals surface area contributed by atoms with Crippen molar-refractivity contribution >= 4 is 16.9 Å². The van der Waals surface area contributed by atoms with Gasteiger partial charge in [-0.2, -0.15) is 13.2 Å². The van der Waals surface area contributed by atoms with Gasteiger partial charge in [0.2, 0.25) is 5.91 Å². The lowest BCUT2D eigenvalue weighted by molar-refractivity contribution is -0.140. The minimum Gasteiger partial charge on any atom is -0.494 e. The van der Waals surface area contributed by atoms with Crippen molar-refractivity contribution < 1.29 is 31.2 Å². The van der Waals surface area contributed by atoms with Crippen LogP contribution < -0.4 is 10.3 Å². The summed E-state index contributed by atoms with van der Waals surface area (Å²) in [7, 11) is 0. The predicted molar refractivity (Wildman–Crippen MR) is 162 cm³/mol. The molecule has 0 aliphatic carbocycles. The lowest BCUT2D eigenvalue weighted by Gasteiger charge is -2.36. The van der Waals surface area contributed by atoms with Crippen LogP contribution in [0.25, 0.3) is 16.7 Å². The molecule has 1 amide bonds. The van der Waals surface area contributed by atoms with Gasteiger partial charge in [-0.15, -0.1) is 0 Å². The summed E-state index contributed by atoms with van der Waals surface area (Å²) in [6, 6.07) is 11.5. The molecule has 0 radical (unpaired) electrons. The van der Waals surface area contributed by atoms with Gasteiger partial charge in [0.1, 0.15) is 17.4 Å². The monoisotopic (exact) mass is 631 g/mol. The molecule has 1 aliphatic heterocycles. The number of benzene rings is 2. The number of aromatic nitrogens is 3. The molecule has 3 heterocycles. The fourth-order valence-corrected chi connectivity index (χ4v) is 5.61. The van der Waals surface area contributed by atoms with Crippen molar-refractivity contribution in [3.63, 3.8) is 0 Å². The molecule has 8 nitrogen and oxygen atoms in total. The van der Waals surface area contributed by atoms with Crippen molar-refractivity contribution in [2.75, 3.05) is 33.2 Å². The van der Waals surface area contributed by atoms with Crippen LogP contribution in [0.1, 0.15) is 53.8 Å². The summed E-state index contributed by atoms with van der Waals surface area (Å²) >= 11 is 0. The summed E-state index contributed by atoms with van der Waals surface area (Å²) in [6.45, 7) is 2.32. The van der Waals surface area contributed by atoms with Gasteiger partial charge in [0.25, 0.3) is 5.56 Å². The molecule has 0 unspecified atom stereocenters. The SMILES string of the molecule is [3H]C([3H])([3H])N1CCC(CN(C(=O)Cc2ccc(F)c(C(F)(F)F)c2)[C@H](C)c2nc3ncccc3c(=O)n2-c2ccc(OCC)cc2)CC1. The highest BCUT2D eigenvalue weighted by atomic mass is 19.4. The lowest BCUT2D eigenvalue weighted by atomic mass is 9.95. The highest BCUT2D eigenvalue weighted by molar-refractivity contribution is 5.79. The molecule has 4 aromatic rings. The number of fused-ring (bicyclic) bond motifs is 1. The van der Waals surface area contributed by atoms with Crippen LogP contribution in [-0.4, -0.2) is 63.5 Å². The van der Waals surface area contributed by atoms with E-state index in [1.807, 2.05) is 6.92 Å². The number of hydrogen-bond donors (Lipinski definition) is 0. The summed E-state index contributed by atoms with van der Waals surface area (Å²) in [5.41, 5.74) is -1.37. The van der Waals surface area contributed by atoms with E-state index in [-0.39, 0.29) is 48.0 Å². The largest absolute Gasteiger partial charge is 0.494 e. The highest BCUT2D eigenvalue weighted by Gasteiger charge is 2.35. The third-order valence-corrected chi connectivity index (χ3v) is 8.00. The first-order chi connectivity index (χ1) is 22.7. The van der Waals surface area contributed by atoms with Gasteiger partial charge in [-0.25, -0.2) is 14.4 Å². The van der Waals surface area contributed by atoms with E-state index in [1.54, 1.807) is 43.3 Å². The van der Waals surface area contributed by atoms with Crippen LogP contribution in [0, 0.1) is 11.7 Å². The molecular weight excluding hydrogens is 590 g/mol. The van der Waals surface area contributed by atoms with Gasteiger partial charge in [-0.1, -0.05) is 6.07 Å². The quantitative estimate of drug-likeness (QED) is 0.217. The van der Waals surface area contributed by atoms with E-state index in [4.69, 9.17) is 13.8 Å². The zero-order valence-corrected chi connectivity index (χ0v) is 24.9. The van der Waals surface area contributed by atoms with Crippen molar-refractivity contribution in [1.29, 1.82) is 0 Å². The number of amides is 1. The second-order valence-corrected chi connectivity index (χ2v) is 11.1. The molecule has 2 aromatic carbocycles. The molecule has 1 aliphatic rings. The second-order valence-electron chi connectivity index (χ2n) is 11.1. The van der Waals surface area contributed by atoms with Gasteiger partial charge in [-0.3, -0.25) is 14.2 Å². The smallest absolute Gasteiger partial charge is 0.419 e. The Kier molecular flexibility index (Phi) is 8.36. The van der Waals surface area contributed by atoms with Gasteiger partial charge < -0.3 is 14.5 Å². The fraction of sp³-hybridized carbons (Fsp3) is 0.394. The molecule has 238 valence electrons. The number of alkyl halides is 3. The summed E-state index contributed by atoms with van der Waals surface area (Å²) < 4.78 is 84.7. The van der Waals surface area contributed by atoms with E-state index in [1.165, 1.54) is 20.6 Å². The first-order valence-electron chi connectivity index (χ1n) is 16.2. The average molecular weight is 632 g/mol. The van der Waals surface area contributed by atoms with Crippen LogP contribution >= 0.6 is 0 Å². The van der Waals surface area contributed by atoms with Crippen molar-refractivity contribution in [3.05, 3.63) is 93.9 Å². The van der Waals surface area contributed by atoms with Crippen LogP contribution in [0.5, 0.6) is 5.75 Å². The topological polar surface area (TPSA) is 80.6 Å². The van der Waals surface area contributed by atoms with Gasteiger partial charge in [0.15, 0.2) is 5.65 Å². The second kappa shape index (κ2) is 13.4. The van der Waals surface area contributed by atoms with E-state index in [9.17, 15) is 27.2 Å². The molecule has 1 fully saturated rings. The Morgan fingerprint density at radius 2 is 1.89 bits per heavy atom. The standard InChI is InChI=1S/C33H35F4N5O3/c1-4-45-25-10-8-24(9-11-25)42-31(39-30-26(32(42)44)6-5-15-38-30)21(2)41(20-22-13-16-40(3)17-14-22)29(43)19-23-7-12-28(34)27(18-23)33(35,36)37/h5-12,15,18,21-22H,4,13-14,16-17,19-20H2,1-3H3/t21-/m1/s1/i3T3. The number of carbonyl (C=O) groups excluding carboxylic acids is 1. The number of hydrogen-bond acceptors (Lipinski definition) is 6. The lowest BCUT2D eigenvalue weighted by Crippen LogP contribution is -2.43. The number of piperidine rings is 1. The van der Waals surface area contributed by atoms with Crippen molar-refractivity contribution in [2.24, 2.45) is 5.92 Å². The molecule has 5 rings (SSSR count). The van der Waals surface area contributed by atoms with E-state index in [2.05, 4.69) is 4.98 Å². The Bertz CT molecular complexity index is 1830. The van der Waals surface area contributed by atoms with E-state index >= 15 is 0 Å². The van der Waals surface area contributed by atoms with Crippen molar-refractivity contribution in [3.8, 4) is 11.4 Å². The van der Waals surface area contributed by atoms with Gasteiger partial charge >= 0.3 is 6.18 Å². The molecule has 0 saturated carbocycles. The van der Waals surface area contributed by atoms with Gasteiger partial charge in [-0.05, 0) is 107 Å². The Hall–Kier alpha value is -4.32. The molecule has 0 bridgehead atoms. The predicted octanol–water partition coefficient (Wildman–Crippen LogP) is 5.81. The third kappa shape index (κ3) is 7.16. The number of halogens is 4. The number of ether oxygens (including phenoxy) is 1. The van der Waals surface area contributed by atoms with Crippen LogP contribution in [0.2, 0.25) is 0 Å². The summed E-state index contributed by atoms with van der Waals surface area (Å²) in [6.07, 6.45) is -3.06. The maximum absolute atomic E-state index is 14.1. The minimum absolute atomic E-state index is 0.0415. The van der Waals surface area contributed by atoms with Crippen molar-refractivity contribution in [1.82, 2.24) is 24.3 Å². The Morgan fingerprint density at radius 3 is 2.56 bits per heavy atom. The molecule has 1 saturated heterocycles. The number of rotatable bonds is 9. The van der Waals surface area contributed by atoms with E-state index in [0.29, 0.717) is 43.0 Å². The molecule has 12 heteroatoms. The Labute approximate surface area is 262 Å². The molecule has 45 heavy (non-hydrogen) atoms. The maximum atomic E-state index is 14.1. The highest BCUT2D eigenvalue weighted by Crippen LogP contribution is 2.33. The molecule has 1 atom stereocenters. The molecule has 2 aromatic heterocycles. The van der Waals surface area contributed by atoms with Gasteiger partial charge in [0.05, 0.1) is 35.7 Å². The van der Waals surface area contributed by atoms with Crippen LogP contribution in [0.4, 0.5) is 17.6 Å². The first kappa shape index (κ1) is 28.2. The molecular formula is C33H35F4N5O3. The van der Waals surface area contributed by atoms with Crippen LogP contribution in [0.15, 0.2) is 65.6 Å². The van der Waals surface area contributed by atoms with Gasteiger partial charge in [0, 0.05) is 16.9 Å². The Balaban J connectivity index is 1.57. The normalized spacial score (nSPS) is 16.5. The van der Waals surface area contributed by atoms with E-state index in [0.717, 1.165) is 6.07 Å². The number of nitrogens with zero attached hydrogens (tertiary/aromatic N) is 5. The van der Waals surface area contributed by atoms with E-state index < -0.39 is 48.5 Å². The third-order valence-electron chi connectivity index (χ3n) is 8.00. The number of likely N-dealkylation sites (tertiary alicyclic amines) is 1. The van der Waals surface area contributed by atoms with Crippen molar-refractivity contribution in [2.45, 2.75) is 45.3 Å². The molecule has 0 spiro atoms. The van der Waals surface area contributed by atoms with Crippen LogP contribution in [0.3, 0.4) is 0 Å². The fourth-order valence-electron chi connectivity index (χ4n) is 5.61. The first-order valence-corrected chi connectivity index (χ1v) is 14.7. The van der Waals surface area contributed by atoms with Crippen LogP contribution in [-0.2, 0) is 17.4 Å². The zero-order chi connectivity index (χ0) is 34.8. The molecule has 0 N–H and O–H groups in total. The number of carbonyl (C=O) groups is 1. The average Bonchev–Trinajstić information content (AvgIpc) is 3.04. The minimum atomic E-state index is -4.96.